The van der Waals surface area contributed by atoms with Crippen molar-refractivity contribution in [3.05, 3.63) is 77.3 Å². The average molecular weight is 575 g/mol. The summed E-state index contributed by atoms with van der Waals surface area (Å²) in [4.78, 5) is 38.9. The SMILES string of the molecule is CC(C)(C)OC(O)N1CCC(N(C(=O)C2=CNC(c3ccc(CC(=O)NCc4ccccn4)cc3)=NC2)C2CC2)CC1. The van der Waals surface area contributed by atoms with Crippen molar-refractivity contribution in [3.8, 4) is 0 Å². The van der Waals surface area contributed by atoms with Gasteiger partial charge in [0, 0.05) is 43.1 Å². The first-order valence-corrected chi connectivity index (χ1v) is 14.8. The normalized spacial score (nSPS) is 18.9. The third-order valence-corrected chi connectivity index (χ3v) is 7.69. The van der Waals surface area contributed by atoms with Crippen LogP contribution in [0.2, 0.25) is 0 Å². The van der Waals surface area contributed by atoms with Gasteiger partial charge in [0.25, 0.3) is 5.91 Å². The number of piperidine rings is 1. The van der Waals surface area contributed by atoms with E-state index in [-0.39, 0.29) is 30.3 Å². The fourth-order valence-electron chi connectivity index (χ4n) is 5.36. The van der Waals surface area contributed by atoms with Gasteiger partial charge >= 0.3 is 0 Å². The second-order valence-corrected chi connectivity index (χ2v) is 12.2. The van der Waals surface area contributed by atoms with E-state index in [1.165, 1.54) is 0 Å². The van der Waals surface area contributed by atoms with Gasteiger partial charge in [0.15, 0.2) is 0 Å². The highest BCUT2D eigenvalue weighted by atomic mass is 16.6. The van der Waals surface area contributed by atoms with Crippen LogP contribution in [0.15, 0.2) is 65.4 Å². The number of aromatic nitrogens is 1. The van der Waals surface area contributed by atoms with Gasteiger partial charge in [0.2, 0.25) is 12.3 Å². The standard InChI is InChI=1S/C32H42N6O4/c1-32(2,3)42-31(41)37-16-13-27(14-17-37)38(26-11-12-26)30(40)24-19-35-29(36-20-24)23-9-7-22(8-10-23)18-28(39)34-21-25-6-4-5-15-33-25/h4-10,15,19,26-27,31,41H,11-14,16-18,20-21H2,1-3H3,(H,34,39)(H,35,36). The van der Waals surface area contributed by atoms with E-state index in [9.17, 15) is 14.7 Å². The summed E-state index contributed by atoms with van der Waals surface area (Å²) in [5, 5.41) is 16.6. The minimum atomic E-state index is -0.933. The summed E-state index contributed by atoms with van der Waals surface area (Å²) in [6, 6.07) is 13.8. The number of amidine groups is 1. The van der Waals surface area contributed by atoms with Gasteiger partial charge < -0.3 is 25.4 Å². The molecule has 2 amide bonds. The van der Waals surface area contributed by atoms with E-state index in [1.54, 1.807) is 12.4 Å². The Morgan fingerprint density at radius 1 is 1.10 bits per heavy atom. The van der Waals surface area contributed by atoms with Crippen LogP contribution in [0, 0.1) is 0 Å². The first-order chi connectivity index (χ1) is 20.2. The highest BCUT2D eigenvalue weighted by Crippen LogP contribution is 2.33. The number of aliphatic hydroxyl groups excluding tert-OH is 1. The number of hydrogen-bond acceptors (Lipinski definition) is 8. The molecule has 1 aromatic carbocycles. The van der Waals surface area contributed by atoms with E-state index in [1.807, 2.05) is 68.1 Å². The van der Waals surface area contributed by atoms with Crippen LogP contribution in [0.1, 0.15) is 63.3 Å². The number of rotatable bonds is 10. The van der Waals surface area contributed by atoms with Crippen molar-refractivity contribution >= 4 is 17.6 Å². The Hall–Kier alpha value is -3.60. The summed E-state index contributed by atoms with van der Waals surface area (Å²) in [6.45, 7) is 7.87. The fraction of sp³-hybridized carbons (Fsp3) is 0.500. The van der Waals surface area contributed by atoms with E-state index >= 15 is 0 Å². The zero-order valence-electron chi connectivity index (χ0n) is 24.8. The number of aliphatic hydroxyl groups is 1. The lowest BCUT2D eigenvalue weighted by atomic mass is 10.0. The summed E-state index contributed by atoms with van der Waals surface area (Å²) in [7, 11) is 0. The predicted octanol–water partition coefficient (Wildman–Crippen LogP) is 2.72. The summed E-state index contributed by atoms with van der Waals surface area (Å²) < 4.78 is 5.72. The van der Waals surface area contributed by atoms with Crippen molar-refractivity contribution in [1.82, 2.24) is 25.4 Å². The molecular formula is C32H42N6O4. The molecule has 1 aromatic heterocycles. The Bertz CT molecular complexity index is 1290. The molecule has 0 radical (unpaired) electrons. The molecule has 10 heteroatoms. The molecule has 0 spiro atoms. The Labute approximate surface area is 247 Å². The third-order valence-electron chi connectivity index (χ3n) is 7.69. The molecule has 1 unspecified atom stereocenters. The van der Waals surface area contributed by atoms with Crippen LogP contribution in [0.3, 0.4) is 0 Å². The predicted molar refractivity (Wildman–Crippen MR) is 160 cm³/mol. The van der Waals surface area contributed by atoms with Gasteiger partial charge in [-0.1, -0.05) is 30.3 Å². The summed E-state index contributed by atoms with van der Waals surface area (Å²) in [6.07, 6.45) is 6.51. The van der Waals surface area contributed by atoms with Crippen LogP contribution in [-0.4, -0.2) is 81.3 Å². The molecule has 5 rings (SSSR count). The smallest absolute Gasteiger partial charge is 0.253 e. The number of nitrogens with zero attached hydrogens (tertiary/aromatic N) is 4. The first kappa shape index (κ1) is 29.9. The molecule has 3 N–H and O–H groups in total. The number of hydrogen-bond donors (Lipinski definition) is 3. The summed E-state index contributed by atoms with van der Waals surface area (Å²) in [5.41, 5.74) is 2.86. The van der Waals surface area contributed by atoms with E-state index in [4.69, 9.17) is 4.74 Å². The first-order valence-electron chi connectivity index (χ1n) is 14.8. The fourth-order valence-corrected chi connectivity index (χ4v) is 5.36. The molecule has 1 atom stereocenters. The number of aliphatic imine (C=N–C) groups is 1. The van der Waals surface area contributed by atoms with Crippen LogP contribution in [0.4, 0.5) is 0 Å². The number of nitrogens with one attached hydrogen (secondary N) is 2. The molecule has 1 aliphatic carbocycles. The minimum Gasteiger partial charge on any atom is -0.356 e. The zero-order chi connectivity index (χ0) is 29.7. The van der Waals surface area contributed by atoms with Crippen molar-refractivity contribution in [1.29, 1.82) is 0 Å². The van der Waals surface area contributed by atoms with Crippen molar-refractivity contribution < 1.29 is 19.4 Å². The maximum Gasteiger partial charge on any atom is 0.253 e. The highest BCUT2D eigenvalue weighted by molar-refractivity contribution is 6.03. The summed E-state index contributed by atoms with van der Waals surface area (Å²) in [5.74, 6) is 0.689. The average Bonchev–Trinajstić information content (AvgIpc) is 3.82. The van der Waals surface area contributed by atoms with Gasteiger partial charge in [-0.05, 0) is 64.2 Å². The Morgan fingerprint density at radius 3 is 2.40 bits per heavy atom. The topological polar surface area (TPSA) is 119 Å². The van der Waals surface area contributed by atoms with Crippen LogP contribution >= 0.6 is 0 Å². The van der Waals surface area contributed by atoms with Crippen molar-refractivity contribution in [2.75, 3.05) is 19.6 Å². The number of likely N-dealkylation sites (tertiary alicyclic amines) is 1. The second kappa shape index (κ2) is 13.1. The third kappa shape index (κ3) is 8.02. The lowest BCUT2D eigenvalue weighted by molar-refractivity contribution is -0.243. The van der Waals surface area contributed by atoms with Crippen LogP contribution in [0.25, 0.3) is 0 Å². The number of amides is 2. The molecule has 2 fully saturated rings. The number of pyridine rings is 1. The van der Waals surface area contributed by atoms with Crippen molar-refractivity contribution in [2.24, 2.45) is 4.99 Å². The maximum atomic E-state index is 13.6. The number of carbonyl (C=O) groups excluding carboxylic acids is 2. The second-order valence-electron chi connectivity index (χ2n) is 12.2. The van der Waals surface area contributed by atoms with Gasteiger partial charge in [0.05, 0.1) is 36.4 Å². The van der Waals surface area contributed by atoms with Gasteiger partial charge in [-0.15, -0.1) is 0 Å². The van der Waals surface area contributed by atoms with E-state index in [0.717, 1.165) is 42.5 Å². The lowest BCUT2D eigenvalue weighted by Crippen LogP contribution is -2.52. The molecule has 1 saturated carbocycles. The van der Waals surface area contributed by atoms with Crippen LogP contribution in [0.5, 0.6) is 0 Å². The lowest BCUT2D eigenvalue weighted by Gasteiger charge is -2.41. The molecule has 10 nitrogen and oxygen atoms in total. The maximum absolute atomic E-state index is 13.6. The largest absolute Gasteiger partial charge is 0.356 e. The molecule has 2 aliphatic heterocycles. The molecule has 3 heterocycles. The quantitative estimate of drug-likeness (QED) is 0.374. The van der Waals surface area contributed by atoms with E-state index in [0.29, 0.717) is 37.6 Å². The molecule has 0 bridgehead atoms. The molecule has 1 saturated heterocycles. The number of benzene rings is 1. The Kier molecular flexibility index (Phi) is 9.35. The van der Waals surface area contributed by atoms with Crippen molar-refractivity contribution in [3.63, 3.8) is 0 Å². The van der Waals surface area contributed by atoms with E-state index in [2.05, 4.69) is 25.5 Å². The van der Waals surface area contributed by atoms with Gasteiger partial charge in [0.1, 0.15) is 5.84 Å². The highest BCUT2D eigenvalue weighted by Gasteiger charge is 2.40. The molecule has 2 aromatic rings. The molecular weight excluding hydrogens is 532 g/mol. The Balaban J connectivity index is 1.11. The molecule has 224 valence electrons. The van der Waals surface area contributed by atoms with Crippen LogP contribution < -0.4 is 10.6 Å². The van der Waals surface area contributed by atoms with Gasteiger partial charge in [-0.25, -0.2) is 0 Å². The number of carbonyl (C=O) groups is 2. The molecule has 3 aliphatic rings. The summed E-state index contributed by atoms with van der Waals surface area (Å²) >= 11 is 0. The van der Waals surface area contributed by atoms with Crippen LogP contribution in [-0.2, 0) is 27.3 Å². The minimum absolute atomic E-state index is 0.0461. The zero-order valence-corrected chi connectivity index (χ0v) is 24.8. The Morgan fingerprint density at radius 2 is 1.81 bits per heavy atom. The van der Waals surface area contributed by atoms with Crippen molar-refractivity contribution in [2.45, 2.75) is 83.5 Å². The van der Waals surface area contributed by atoms with Gasteiger partial charge in [-0.3, -0.25) is 24.5 Å². The number of ether oxygens (including phenoxy) is 1. The van der Waals surface area contributed by atoms with E-state index < -0.39 is 12.0 Å². The van der Waals surface area contributed by atoms with Gasteiger partial charge in [-0.2, -0.15) is 0 Å². The molecule has 42 heavy (non-hydrogen) atoms. The monoisotopic (exact) mass is 574 g/mol.